The van der Waals surface area contributed by atoms with Gasteiger partial charge in [0.25, 0.3) is 5.69 Å². The van der Waals surface area contributed by atoms with Crippen LogP contribution in [0.25, 0.3) is 0 Å². The second-order valence-electron chi connectivity index (χ2n) is 4.09. The maximum Gasteiger partial charge on any atom is 0.270 e. The fourth-order valence-electron chi connectivity index (χ4n) is 1.29. The molecule has 0 heterocycles. The first-order chi connectivity index (χ1) is 8.17. The molecule has 18 heavy (non-hydrogen) atoms. The van der Waals surface area contributed by atoms with Gasteiger partial charge in [-0.1, -0.05) is 0 Å². The summed E-state index contributed by atoms with van der Waals surface area (Å²) in [5.41, 5.74) is 5.27. The third kappa shape index (κ3) is 2.59. The highest BCUT2D eigenvalue weighted by molar-refractivity contribution is 7.89. The van der Waals surface area contributed by atoms with Crippen LogP contribution in [0.5, 0.6) is 0 Å². The molecule has 100 valence electrons. The monoisotopic (exact) mass is 273 g/mol. The van der Waals surface area contributed by atoms with Crippen molar-refractivity contribution in [1.29, 1.82) is 0 Å². The molecule has 1 aromatic carbocycles. The number of nitrogens with two attached hydrogens (primary N) is 1. The Hall–Kier alpha value is -1.67. The molecule has 0 fully saturated rings. The van der Waals surface area contributed by atoms with E-state index >= 15 is 0 Å². The van der Waals surface area contributed by atoms with Crippen LogP contribution in [0.2, 0.25) is 0 Å². The number of nitrogen functional groups attached to an aromatic ring is 1. The quantitative estimate of drug-likeness (QED) is 0.504. The summed E-state index contributed by atoms with van der Waals surface area (Å²) < 4.78 is 25.5. The molecule has 0 aliphatic carbocycles. The van der Waals surface area contributed by atoms with Gasteiger partial charge in [-0.05, 0) is 19.9 Å². The van der Waals surface area contributed by atoms with Gasteiger partial charge < -0.3 is 5.73 Å². The predicted molar refractivity (Wildman–Crippen MR) is 67.6 cm³/mol. The molecular weight excluding hydrogens is 258 g/mol. The third-order valence-corrected chi connectivity index (χ3v) is 4.68. The maximum atomic E-state index is 12.2. The Morgan fingerprint density at radius 2 is 1.94 bits per heavy atom. The van der Waals surface area contributed by atoms with Crippen molar-refractivity contribution in [2.45, 2.75) is 24.8 Å². The standard InChI is InChI=1S/C10H15N3O4S/c1-7(2)12(3)18(16,17)10-6-8(13(14)15)4-5-9(10)11/h4-7H,11H2,1-3H3. The van der Waals surface area contributed by atoms with E-state index < -0.39 is 14.9 Å². The fraction of sp³-hybridized carbons (Fsp3) is 0.400. The number of sulfonamides is 1. The smallest absolute Gasteiger partial charge is 0.270 e. The zero-order chi connectivity index (χ0) is 14.1. The Bertz CT molecular complexity index is 568. The van der Waals surface area contributed by atoms with E-state index in [0.717, 1.165) is 10.4 Å². The van der Waals surface area contributed by atoms with E-state index in [1.807, 2.05) is 0 Å². The van der Waals surface area contributed by atoms with Gasteiger partial charge in [-0.3, -0.25) is 10.1 Å². The Morgan fingerprint density at radius 3 is 2.39 bits per heavy atom. The summed E-state index contributed by atoms with van der Waals surface area (Å²) in [5.74, 6) is 0. The Morgan fingerprint density at radius 1 is 1.39 bits per heavy atom. The van der Waals surface area contributed by atoms with Crippen LogP contribution in [0.15, 0.2) is 23.1 Å². The number of benzene rings is 1. The summed E-state index contributed by atoms with van der Waals surface area (Å²) in [4.78, 5) is 9.75. The number of anilines is 1. The summed E-state index contributed by atoms with van der Waals surface area (Å²) in [6.45, 7) is 3.40. The lowest BCUT2D eigenvalue weighted by molar-refractivity contribution is -0.385. The van der Waals surface area contributed by atoms with Crippen LogP contribution in [0, 0.1) is 10.1 Å². The summed E-state index contributed by atoms with van der Waals surface area (Å²) in [5, 5.41) is 10.7. The number of non-ortho nitro benzene ring substituents is 1. The van der Waals surface area contributed by atoms with E-state index in [9.17, 15) is 18.5 Å². The van der Waals surface area contributed by atoms with Crippen LogP contribution in [0.3, 0.4) is 0 Å². The van der Waals surface area contributed by atoms with Crippen LogP contribution in [-0.2, 0) is 10.0 Å². The van der Waals surface area contributed by atoms with E-state index in [1.54, 1.807) is 13.8 Å². The molecule has 1 rings (SSSR count). The number of rotatable bonds is 4. The van der Waals surface area contributed by atoms with Gasteiger partial charge >= 0.3 is 0 Å². The summed E-state index contributed by atoms with van der Waals surface area (Å²) >= 11 is 0. The van der Waals surface area contributed by atoms with Crippen LogP contribution >= 0.6 is 0 Å². The van der Waals surface area contributed by atoms with Gasteiger partial charge in [0, 0.05) is 25.2 Å². The van der Waals surface area contributed by atoms with Crippen molar-refractivity contribution in [2.24, 2.45) is 0 Å². The van der Waals surface area contributed by atoms with Crippen molar-refractivity contribution in [2.75, 3.05) is 12.8 Å². The van der Waals surface area contributed by atoms with E-state index in [2.05, 4.69) is 0 Å². The predicted octanol–water partition coefficient (Wildman–Crippen LogP) is 1.21. The van der Waals surface area contributed by atoms with Crippen LogP contribution < -0.4 is 5.73 Å². The Kier molecular flexibility index (Phi) is 3.92. The second-order valence-corrected chi connectivity index (χ2v) is 6.06. The normalized spacial score (nSPS) is 12.1. The molecule has 7 nitrogen and oxygen atoms in total. The molecule has 1 aromatic rings. The van der Waals surface area contributed by atoms with E-state index in [-0.39, 0.29) is 22.3 Å². The molecule has 0 aliphatic heterocycles. The molecule has 0 atom stereocenters. The summed E-state index contributed by atoms with van der Waals surface area (Å²) in [7, 11) is -2.42. The highest BCUT2D eigenvalue weighted by Gasteiger charge is 2.27. The van der Waals surface area contributed by atoms with Crippen molar-refractivity contribution < 1.29 is 13.3 Å². The molecule has 0 bridgehead atoms. The summed E-state index contributed by atoms with van der Waals surface area (Å²) in [6, 6.07) is 3.10. The van der Waals surface area contributed by atoms with E-state index in [4.69, 9.17) is 5.73 Å². The fourth-order valence-corrected chi connectivity index (χ4v) is 2.79. The maximum absolute atomic E-state index is 12.2. The van der Waals surface area contributed by atoms with Gasteiger partial charge in [0.05, 0.1) is 10.6 Å². The number of hydrogen-bond donors (Lipinski definition) is 1. The first kappa shape index (κ1) is 14.4. The summed E-state index contributed by atoms with van der Waals surface area (Å²) in [6.07, 6.45) is 0. The van der Waals surface area contributed by atoms with Crippen molar-refractivity contribution in [3.05, 3.63) is 28.3 Å². The number of nitro groups is 1. The first-order valence-corrected chi connectivity index (χ1v) is 6.64. The van der Waals surface area contributed by atoms with Crippen molar-refractivity contribution in [3.63, 3.8) is 0 Å². The molecule has 0 amide bonds. The largest absolute Gasteiger partial charge is 0.398 e. The second kappa shape index (κ2) is 4.91. The SMILES string of the molecule is CC(C)N(C)S(=O)(=O)c1cc([N+](=O)[O-])ccc1N. The van der Waals surface area contributed by atoms with E-state index in [0.29, 0.717) is 0 Å². The molecule has 0 spiro atoms. The Labute approximate surface area is 105 Å². The first-order valence-electron chi connectivity index (χ1n) is 5.20. The highest BCUT2D eigenvalue weighted by Crippen LogP contribution is 2.27. The number of nitrogens with zero attached hydrogens (tertiary/aromatic N) is 2. The van der Waals surface area contributed by atoms with Crippen molar-refractivity contribution in [3.8, 4) is 0 Å². The average Bonchev–Trinajstić information content (AvgIpc) is 2.27. The average molecular weight is 273 g/mol. The minimum atomic E-state index is -3.82. The molecule has 0 aliphatic rings. The van der Waals surface area contributed by atoms with Crippen LogP contribution in [-0.4, -0.2) is 30.7 Å². The van der Waals surface area contributed by atoms with E-state index in [1.165, 1.54) is 19.2 Å². The highest BCUT2D eigenvalue weighted by atomic mass is 32.2. The molecule has 0 unspecified atom stereocenters. The van der Waals surface area contributed by atoms with Gasteiger partial charge in [0.1, 0.15) is 4.90 Å². The van der Waals surface area contributed by atoms with Gasteiger partial charge in [-0.15, -0.1) is 0 Å². The minimum Gasteiger partial charge on any atom is -0.398 e. The lowest BCUT2D eigenvalue weighted by Crippen LogP contribution is -2.33. The number of hydrogen-bond acceptors (Lipinski definition) is 5. The molecule has 0 saturated carbocycles. The molecule has 0 radical (unpaired) electrons. The molecule has 0 saturated heterocycles. The number of nitro benzene ring substituents is 1. The molecular formula is C10H15N3O4S. The van der Waals surface area contributed by atoms with Gasteiger partial charge in [0.2, 0.25) is 10.0 Å². The topological polar surface area (TPSA) is 107 Å². The lowest BCUT2D eigenvalue weighted by atomic mass is 10.3. The molecule has 2 N–H and O–H groups in total. The zero-order valence-electron chi connectivity index (χ0n) is 10.3. The molecule has 0 aromatic heterocycles. The lowest BCUT2D eigenvalue weighted by Gasteiger charge is -2.21. The third-order valence-electron chi connectivity index (χ3n) is 2.59. The van der Waals surface area contributed by atoms with Crippen molar-refractivity contribution in [1.82, 2.24) is 4.31 Å². The van der Waals surface area contributed by atoms with Crippen LogP contribution in [0.1, 0.15) is 13.8 Å². The Balaban J connectivity index is 3.41. The minimum absolute atomic E-state index is 0.00639. The van der Waals surface area contributed by atoms with Crippen molar-refractivity contribution >= 4 is 21.4 Å². The van der Waals surface area contributed by atoms with Gasteiger partial charge in [-0.25, -0.2) is 8.42 Å². The van der Waals surface area contributed by atoms with Crippen LogP contribution in [0.4, 0.5) is 11.4 Å². The van der Waals surface area contributed by atoms with Gasteiger partial charge in [0.15, 0.2) is 0 Å². The zero-order valence-corrected chi connectivity index (χ0v) is 11.1. The van der Waals surface area contributed by atoms with Gasteiger partial charge in [-0.2, -0.15) is 4.31 Å². The molecule has 8 heteroatoms.